The molecule has 24 heavy (non-hydrogen) atoms. The van der Waals surface area contributed by atoms with E-state index in [2.05, 4.69) is 15.7 Å². The molecule has 0 bridgehead atoms. The molecular formula is C16H20N4O4. The Balaban J connectivity index is 1.98. The summed E-state index contributed by atoms with van der Waals surface area (Å²) in [6, 6.07) is 9.29. The standard InChI is InChI=1S/C16H20N4O4/c1-11-13(14(21)23-10-12-8-6-5-7-9-12)17-19-20(11)18-15(22)24-16(2,3)4/h5-9H,10H2,1-4H3,(H,18,22). The van der Waals surface area contributed by atoms with E-state index in [1.54, 1.807) is 27.7 Å². The summed E-state index contributed by atoms with van der Waals surface area (Å²) in [5, 5.41) is 7.46. The summed E-state index contributed by atoms with van der Waals surface area (Å²) in [5.74, 6) is -0.617. The Bertz CT molecular complexity index is 719. The molecule has 0 radical (unpaired) electrons. The summed E-state index contributed by atoms with van der Waals surface area (Å²) >= 11 is 0. The lowest BCUT2D eigenvalue weighted by Gasteiger charge is -2.19. The third-order valence-electron chi connectivity index (χ3n) is 2.90. The number of esters is 1. The van der Waals surface area contributed by atoms with E-state index in [1.807, 2.05) is 30.3 Å². The van der Waals surface area contributed by atoms with Crippen LogP contribution in [0.1, 0.15) is 42.5 Å². The Morgan fingerprint density at radius 1 is 1.21 bits per heavy atom. The van der Waals surface area contributed by atoms with Gasteiger partial charge in [0.1, 0.15) is 12.2 Å². The molecule has 128 valence electrons. The van der Waals surface area contributed by atoms with Gasteiger partial charge in [0.2, 0.25) is 0 Å². The molecule has 1 aromatic carbocycles. The van der Waals surface area contributed by atoms with Crippen molar-refractivity contribution < 1.29 is 19.1 Å². The minimum Gasteiger partial charge on any atom is -0.456 e. The van der Waals surface area contributed by atoms with Crippen molar-refractivity contribution in [1.29, 1.82) is 0 Å². The molecule has 2 rings (SSSR count). The van der Waals surface area contributed by atoms with Crippen molar-refractivity contribution >= 4 is 12.1 Å². The maximum atomic E-state index is 12.1. The topological polar surface area (TPSA) is 95.3 Å². The molecule has 0 aliphatic carbocycles. The second-order valence-electron chi connectivity index (χ2n) is 6.11. The number of carbonyl (C=O) groups is 2. The van der Waals surface area contributed by atoms with E-state index in [0.717, 1.165) is 10.4 Å². The smallest absolute Gasteiger partial charge is 0.428 e. The number of nitrogens with zero attached hydrogens (tertiary/aromatic N) is 3. The van der Waals surface area contributed by atoms with Gasteiger partial charge in [-0.3, -0.25) is 0 Å². The third-order valence-corrected chi connectivity index (χ3v) is 2.90. The predicted octanol–water partition coefficient (Wildman–Crippen LogP) is 2.42. The van der Waals surface area contributed by atoms with Crippen LogP contribution in [-0.4, -0.2) is 32.8 Å². The molecule has 1 aromatic heterocycles. The Kier molecular flexibility index (Phi) is 5.18. The first-order valence-electron chi connectivity index (χ1n) is 7.39. The molecule has 1 heterocycles. The Hall–Kier alpha value is -2.90. The highest BCUT2D eigenvalue weighted by atomic mass is 16.6. The molecule has 0 fully saturated rings. The number of benzene rings is 1. The lowest BCUT2D eigenvalue weighted by atomic mass is 10.2. The lowest BCUT2D eigenvalue weighted by Crippen LogP contribution is -2.32. The number of hydrogen-bond donors (Lipinski definition) is 1. The number of nitrogens with one attached hydrogen (secondary N) is 1. The first-order chi connectivity index (χ1) is 11.3. The highest BCUT2D eigenvalue weighted by Gasteiger charge is 2.21. The number of carbonyl (C=O) groups excluding carboxylic acids is 2. The van der Waals surface area contributed by atoms with Gasteiger partial charge in [0.25, 0.3) is 0 Å². The Morgan fingerprint density at radius 3 is 2.50 bits per heavy atom. The minimum absolute atomic E-state index is 0.0296. The van der Waals surface area contributed by atoms with E-state index in [1.165, 1.54) is 0 Å². The summed E-state index contributed by atoms with van der Waals surface area (Å²) in [6.07, 6.45) is -0.695. The number of hydrogen-bond acceptors (Lipinski definition) is 6. The zero-order chi connectivity index (χ0) is 17.7. The van der Waals surface area contributed by atoms with Gasteiger partial charge in [-0.2, -0.15) is 4.79 Å². The monoisotopic (exact) mass is 332 g/mol. The van der Waals surface area contributed by atoms with Crippen molar-refractivity contribution in [2.45, 2.75) is 39.9 Å². The van der Waals surface area contributed by atoms with Crippen LogP contribution in [0.3, 0.4) is 0 Å². The van der Waals surface area contributed by atoms with Crippen molar-refractivity contribution in [3.8, 4) is 0 Å². The van der Waals surface area contributed by atoms with Crippen molar-refractivity contribution in [2.24, 2.45) is 0 Å². The third kappa shape index (κ3) is 4.80. The van der Waals surface area contributed by atoms with Gasteiger partial charge in [-0.1, -0.05) is 30.3 Å². The summed E-state index contributed by atoms with van der Waals surface area (Å²) in [4.78, 5) is 24.9. The van der Waals surface area contributed by atoms with E-state index in [9.17, 15) is 9.59 Å². The summed E-state index contributed by atoms with van der Waals surface area (Å²) in [7, 11) is 0. The highest BCUT2D eigenvalue weighted by molar-refractivity contribution is 5.88. The van der Waals surface area contributed by atoms with Crippen LogP contribution in [0.15, 0.2) is 30.3 Å². The van der Waals surface area contributed by atoms with Gasteiger partial charge < -0.3 is 9.47 Å². The zero-order valence-electron chi connectivity index (χ0n) is 14.1. The zero-order valence-corrected chi connectivity index (χ0v) is 14.1. The summed E-state index contributed by atoms with van der Waals surface area (Å²) < 4.78 is 10.3. The number of rotatable bonds is 4. The van der Waals surface area contributed by atoms with Crippen LogP contribution in [0.4, 0.5) is 4.79 Å². The highest BCUT2D eigenvalue weighted by Crippen LogP contribution is 2.09. The maximum absolute atomic E-state index is 12.1. The second kappa shape index (κ2) is 7.12. The first-order valence-corrected chi connectivity index (χ1v) is 7.39. The largest absolute Gasteiger partial charge is 0.456 e. The average molecular weight is 332 g/mol. The lowest BCUT2D eigenvalue weighted by molar-refractivity contribution is 0.0463. The molecule has 8 nitrogen and oxygen atoms in total. The fraction of sp³-hybridized carbons (Fsp3) is 0.375. The first kappa shape index (κ1) is 17.5. The van der Waals surface area contributed by atoms with E-state index < -0.39 is 17.7 Å². The van der Waals surface area contributed by atoms with Crippen molar-refractivity contribution in [2.75, 3.05) is 5.43 Å². The van der Waals surface area contributed by atoms with Crippen LogP contribution < -0.4 is 5.43 Å². The summed E-state index contributed by atoms with van der Waals surface area (Å²) in [5.41, 5.74) is 2.99. The molecule has 0 saturated heterocycles. The SMILES string of the molecule is Cc1c(C(=O)OCc2ccccc2)nnn1NC(=O)OC(C)(C)C. The molecule has 0 spiro atoms. The van der Waals surface area contributed by atoms with Crippen molar-refractivity contribution in [1.82, 2.24) is 15.1 Å². The number of amides is 1. The molecular weight excluding hydrogens is 312 g/mol. The normalized spacial score (nSPS) is 11.0. The van der Waals surface area contributed by atoms with E-state index in [0.29, 0.717) is 5.69 Å². The quantitative estimate of drug-likeness (QED) is 0.864. The van der Waals surface area contributed by atoms with Gasteiger partial charge in [-0.15, -0.1) is 5.10 Å². The van der Waals surface area contributed by atoms with Gasteiger partial charge in [0.15, 0.2) is 5.69 Å². The molecule has 8 heteroatoms. The molecule has 0 unspecified atom stereocenters. The van der Waals surface area contributed by atoms with Gasteiger partial charge in [0, 0.05) is 0 Å². The Labute approximate surface area is 139 Å². The van der Waals surface area contributed by atoms with E-state index in [-0.39, 0.29) is 12.3 Å². The van der Waals surface area contributed by atoms with Crippen LogP contribution >= 0.6 is 0 Å². The van der Waals surface area contributed by atoms with E-state index >= 15 is 0 Å². The van der Waals surface area contributed by atoms with Crippen molar-refractivity contribution in [3.63, 3.8) is 0 Å². The molecule has 0 saturated carbocycles. The fourth-order valence-electron chi connectivity index (χ4n) is 1.80. The van der Waals surface area contributed by atoms with Crippen LogP contribution in [0.2, 0.25) is 0 Å². The van der Waals surface area contributed by atoms with Gasteiger partial charge >= 0.3 is 12.1 Å². The number of aromatic nitrogens is 3. The minimum atomic E-state index is -0.695. The summed E-state index contributed by atoms with van der Waals surface area (Å²) in [6.45, 7) is 6.95. The van der Waals surface area contributed by atoms with Crippen LogP contribution in [0.25, 0.3) is 0 Å². The second-order valence-corrected chi connectivity index (χ2v) is 6.11. The molecule has 1 amide bonds. The van der Waals surface area contributed by atoms with Crippen molar-refractivity contribution in [3.05, 3.63) is 47.3 Å². The van der Waals surface area contributed by atoms with E-state index in [4.69, 9.17) is 9.47 Å². The Morgan fingerprint density at radius 2 is 1.88 bits per heavy atom. The van der Waals surface area contributed by atoms with Gasteiger partial charge in [-0.05, 0) is 38.5 Å². The fourth-order valence-corrected chi connectivity index (χ4v) is 1.80. The maximum Gasteiger partial charge on any atom is 0.428 e. The van der Waals surface area contributed by atoms with Gasteiger partial charge in [-0.25, -0.2) is 15.0 Å². The molecule has 0 aliphatic rings. The predicted molar refractivity (Wildman–Crippen MR) is 85.9 cm³/mol. The van der Waals surface area contributed by atoms with Crippen LogP contribution in [-0.2, 0) is 16.1 Å². The molecule has 2 aromatic rings. The molecule has 0 atom stereocenters. The molecule has 0 aliphatic heterocycles. The average Bonchev–Trinajstić information content (AvgIpc) is 2.85. The molecule has 1 N–H and O–H groups in total. The van der Waals surface area contributed by atoms with Crippen LogP contribution in [0.5, 0.6) is 0 Å². The van der Waals surface area contributed by atoms with Crippen LogP contribution in [0, 0.1) is 6.92 Å². The number of ether oxygens (including phenoxy) is 2. The van der Waals surface area contributed by atoms with Gasteiger partial charge in [0.05, 0.1) is 5.69 Å².